The van der Waals surface area contributed by atoms with Crippen LogP contribution in [0.25, 0.3) is 11.0 Å². The van der Waals surface area contributed by atoms with Gasteiger partial charge in [-0.2, -0.15) is 13.2 Å². The highest BCUT2D eigenvalue weighted by Gasteiger charge is 2.31. The summed E-state index contributed by atoms with van der Waals surface area (Å²) in [7, 11) is 0. The standard InChI is InChI=1S/C8H4F3IN2O/c9-8(10,11)3-1-4(12)6-5(2-3)13-7(15)14-6/h1-2H,(H2,13,14,15). The molecule has 0 unspecified atom stereocenters. The van der Waals surface area contributed by atoms with Crippen LogP contribution in [0, 0.1) is 3.57 Å². The molecule has 1 aromatic carbocycles. The Morgan fingerprint density at radius 1 is 1.20 bits per heavy atom. The van der Waals surface area contributed by atoms with Gasteiger partial charge in [-0.1, -0.05) is 0 Å². The van der Waals surface area contributed by atoms with Gasteiger partial charge in [0.25, 0.3) is 0 Å². The molecule has 0 atom stereocenters. The molecule has 0 spiro atoms. The highest BCUT2D eigenvalue weighted by Crippen LogP contribution is 2.32. The number of halogens is 4. The van der Waals surface area contributed by atoms with Crippen LogP contribution >= 0.6 is 22.6 Å². The SMILES string of the molecule is O=c1[nH]c2cc(C(F)(F)F)cc(I)c2[nH]1. The number of rotatable bonds is 0. The average molecular weight is 328 g/mol. The zero-order valence-electron chi connectivity index (χ0n) is 7.07. The number of aromatic amines is 2. The van der Waals surface area contributed by atoms with E-state index in [2.05, 4.69) is 9.97 Å². The van der Waals surface area contributed by atoms with Gasteiger partial charge in [0.05, 0.1) is 16.6 Å². The monoisotopic (exact) mass is 328 g/mol. The van der Waals surface area contributed by atoms with Crippen LogP contribution < -0.4 is 5.69 Å². The molecule has 0 aliphatic carbocycles. The van der Waals surface area contributed by atoms with E-state index in [9.17, 15) is 18.0 Å². The Kier molecular flexibility index (Phi) is 2.28. The summed E-state index contributed by atoms with van der Waals surface area (Å²) >= 11 is 1.75. The molecule has 1 aromatic heterocycles. The van der Waals surface area contributed by atoms with E-state index in [1.807, 2.05) is 0 Å². The molecular weight excluding hydrogens is 324 g/mol. The van der Waals surface area contributed by atoms with Crippen LogP contribution in [0.4, 0.5) is 13.2 Å². The first kappa shape index (κ1) is 10.5. The molecule has 7 heteroatoms. The van der Waals surface area contributed by atoms with Gasteiger partial charge in [0, 0.05) is 3.57 Å². The van der Waals surface area contributed by atoms with E-state index in [1.54, 1.807) is 22.6 Å². The lowest BCUT2D eigenvalue weighted by molar-refractivity contribution is -0.137. The van der Waals surface area contributed by atoms with Crippen molar-refractivity contribution < 1.29 is 13.2 Å². The number of nitrogens with one attached hydrogen (secondary N) is 2. The van der Waals surface area contributed by atoms with Crippen LogP contribution in [0.1, 0.15) is 5.56 Å². The van der Waals surface area contributed by atoms with Crippen molar-refractivity contribution in [2.24, 2.45) is 0 Å². The molecule has 1 heterocycles. The van der Waals surface area contributed by atoms with E-state index >= 15 is 0 Å². The Labute approximate surface area is 94.8 Å². The minimum absolute atomic E-state index is 0.166. The molecule has 3 nitrogen and oxygen atoms in total. The molecule has 0 amide bonds. The first-order chi connectivity index (χ1) is 6.88. The molecule has 0 fully saturated rings. The molecular formula is C8H4F3IN2O. The lowest BCUT2D eigenvalue weighted by Gasteiger charge is -2.06. The summed E-state index contributed by atoms with van der Waals surface area (Å²) in [5.74, 6) is 0. The number of imidazole rings is 1. The van der Waals surface area contributed by atoms with Gasteiger partial charge in [-0.3, -0.25) is 0 Å². The number of aromatic nitrogens is 2. The van der Waals surface area contributed by atoms with E-state index in [0.29, 0.717) is 9.09 Å². The second-order valence-electron chi connectivity index (χ2n) is 2.96. The molecule has 80 valence electrons. The van der Waals surface area contributed by atoms with Crippen LogP contribution in [0.2, 0.25) is 0 Å². The zero-order valence-corrected chi connectivity index (χ0v) is 9.23. The molecule has 2 aromatic rings. The van der Waals surface area contributed by atoms with E-state index < -0.39 is 17.4 Å². The number of hydrogen-bond acceptors (Lipinski definition) is 1. The fourth-order valence-electron chi connectivity index (χ4n) is 1.26. The second-order valence-corrected chi connectivity index (χ2v) is 4.12. The minimum atomic E-state index is -4.40. The summed E-state index contributed by atoms with van der Waals surface area (Å²) in [6.45, 7) is 0. The highest BCUT2D eigenvalue weighted by molar-refractivity contribution is 14.1. The van der Waals surface area contributed by atoms with Gasteiger partial charge in [-0.25, -0.2) is 4.79 Å². The quantitative estimate of drug-likeness (QED) is 0.717. The van der Waals surface area contributed by atoms with Crippen LogP contribution in [0.15, 0.2) is 16.9 Å². The molecule has 15 heavy (non-hydrogen) atoms. The van der Waals surface area contributed by atoms with Gasteiger partial charge in [0.15, 0.2) is 0 Å². The Bertz CT molecular complexity index is 569. The third-order valence-electron chi connectivity index (χ3n) is 1.90. The molecule has 0 saturated carbocycles. The maximum absolute atomic E-state index is 12.4. The Morgan fingerprint density at radius 2 is 1.87 bits per heavy atom. The Morgan fingerprint density at radius 3 is 2.47 bits per heavy atom. The van der Waals surface area contributed by atoms with Gasteiger partial charge in [0.1, 0.15) is 0 Å². The Balaban J connectivity index is 2.78. The maximum Gasteiger partial charge on any atom is 0.416 e. The fraction of sp³-hybridized carbons (Fsp3) is 0.125. The molecule has 0 aliphatic heterocycles. The lowest BCUT2D eigenvalue weighted by Crippen LogP contribution is -2.05. The van der Waals surface area contributed by atoms with E-state index in [1.165, 1.54) is 0 Å². The molecule has 2 rings (SSSR count). The summed E-state index contributed by atoms with van der Waals surface area (Å²) < 4.78 is 37.5. The number of fused-ring (bicyclic) bond motifs is 1. The summed E-state index contributed by atoms with van der Waals surface area (Å²) in [6.07, 6.45) is -4.40. The first-order valence-corrected chi connectivity index (χ1v) is 4.94. The maximum atomic E-state index is 12.4. The van der Waals surface area contributed by atoms with Crippen molar-refractivity contribution in [3.05, 3.63) is 31.8 Å². The first-order valence-electron chi connectivity index (χ1n) is 3.86. The van der Waals surface area contributed by atoms with Crippen molar-refractivity contribution in [3.63, 3.8) is 0 Å². The van der Waals surface area contributed by atoms with Crippen molar-refractivity contribution >= 4 is 33.6 Å². The molecule has 0 bridgehead atoms. The number of alkyl halides is 3. The number of H-pyrrole nitrogens is 2. The van der Waals surface area contributed by atoms with Gasteiger partial charge >= 0.3 is 11.9 Å². The van der Waals surface area contributed by atoms with E-state index in [-0.39, 0.29) is 5.52 Å². The number of hydrogen-bond donors (Lipinski definition) is 2. The minimum Gasteiger partial charge on any atom is -0.306 e. The smallest absolute Gasteiger partial charge is 0.306 e. The molecule has 0 radical (unpaired) electrons. The van der Waals surface area contributed by atoms with Gasteiger partial charge in [-0.05, 0) is 34.7 Å². The topological polar surface area (TPSA) is 48.6 Å². The highest BCUT2D eigenvalue weighted by atomic mass is 127. The summed E-state index contributed by atoms with van der Waals surface area (Å²) in [5, 5.41) is 0. The van der Waals surface area contributed by atoms with Gasteiger partial charge in [0.2, 0.25) is 0 Å². The molecule has 0 aliphatic rings. The largest absolute Gasteiger partial charge is 0.416 e. The average Bonchev–Trinajstić information content (AvgIpc) is 2.44. The molecule has 2 N–H and O–H groups in total. The van der Waals surface area contributed by atoms with Crippen molar-refractivity contribution in [2.75, 3.05) is 0 Å². The van der Waals surface area contributed by atoms with Crippen molar-refractivity contribution in [1.29, 1.82) is 0 Å². The summed E-state index contributed by atoms with van der Waals surface area (Å²) in [6, 6.07) is 1.90. The van der Waals surface area contributed by atoms with E-state index in [4.69, 9.17) is 0 Å². The predicted molar refractivity (Wildman–Crippen MR) is 56.6 cm³/mol. The lowest BCUT2D eigenvalue weighted by atomic mass is 10.2. The second kappa shape index (κ2) is 3.26. The molecule has 0 saturated heterocycles. The predicted octanol–water partition coefficient (Wildman–Crippen LogP) is 2.48. The number of benzene rings is 1. The summed E-state index contributed by atoms with van der Waals surface area (Å²) in [5.41, 5.74) is -0.718. The Hall–Kier alpha value is -0.990. The van der Waals surface area contributed by atoms with Crippen molar-refractivity contribution in [3.8, 4) is 0 Å². The van der Waals surface area contributed by atoms with Crippen LogP contribution in [0.3, 0.4) is 0 Å². The van der Waals surface area contributed by atoms with Gasteiger partial charge in [-0.15, -0.1) is 0 Å². The fourth-order valence-corrected chi connectivity index (χ4v) is 2.02. The third-order valence-corrected chi connectivity index (χ3v) is 2.76. The zero-order chi connectivity index (χ0) is 11.2. The third kappa shape index (κ3) is 1.87. The summed E-state index contributed by atoms with van der Waals surface area (Å²) in [4.78, 5) is 15.6. The van der Waals surface area contributed by atoms with Crippen LogP contribution in [-0.4, -0.2) is 9.97 Å². The van der Waals surface area contributed by atoms with Crippen LogP contribution in [-0.2, 0) is 6.18 Å². The van der Waals surface area contributed by atoms with Crippen molar-refractivity contribution in [2.45, 2.75) is 6.18 Å². The van der Waals surface area contributed by atoms with Crippen molar-refractivity contribution in [1.82, 2.24) is 9.97 Å². The van der Waals surface area contributed by atoms with E-state index in [0.717, 1.165) is 12.1 Å². The normalized spacial score (nSPS) is 12.3. The van der Waals surface area contributed by atoms with Crippen LogP contribution in [0.5, 0.6) is 0 Å². The van der Waals surface area contributed by atoms with Gasteiger partial charge < -0.3 is 9.97 Å².